The van der Waals surface area contributed by atoms with Gasteiger partial charge in [0, 0.05) is 58.7 Å². The number of aryl methyl sites for hydroxylation is 1. The summed E-state index contributed by atoms with van der Waals surface area (Å²) in [5, 5.41) is 25.3. The largest absolute Gasteiger partial charge is 0.453 e. The van der Waals surface area contributed by atoms with Crippen molar-refractivity contribution in [2.45, 2.75) is 63.9 Å². The molecule has 13 heteroatoms. The van der Waals surface area contributed by atoms with Gasteiger partial charge in [0.1, 0.15) is 17.3 Å². The molecule has 3 aromatic heterocycles. The molecule has 0 aliphatic carbocycles. The number of ether oxygens (including phenoxy) is 1. The summed E-state index contributed by atoms with van der Waals surface area (Å²) in [6, 6.07) is 13.7. The van der Waals surface area contributed by atoms with Crippen molar-refractivity contribution in [3.8, 4) is 28.5 Å². The topological polar surface area (TPSA) is 116 Å². The second-order valence-corrected chi connectivity index (χ2v) is 15.0. The highest BCUT2D eigenvalue weighted by molar-refractivity contribution is 6.43. The first kappa shape index (κ1) is 36.0. The highest BCUT2D eigenvalue weighted by Gasteiger charge is 2.41. The molecular formula is C39H38Cl2F2N6O3. The van der Waals surface area contributed by atoms with Crippen LogP contribution in [0.1, 0.15) is 62.6 Å². The Labute approximate surface area is 310 Å². The smallest absolute Gasteiger partial charge is 0.410 e. The second-order valence-electron chi connectivity index (χ2n) is 14.2. The van der Waals surface area contributed by atoms with Gasteiger partial charge in [-0.2, -0.15) is 5.26 Å². The van der Waals surface area contributed by atoms with Crippen molar-refractivity contribution in [2.24, 2.45) is 5.92 Å². The predicted molar refractivity (Wildman–Crippen MR) is 197 cm³/mol. The van der Waals surface area contributed by atoms with Crippen molar-refractivity contribution < 1.29 is 23.4 Å². The van der Waals surface area contributed by atoms with E-state index in [1.807, 2.05) is 12.1 Å². The number of hydrogen-bond donors (Lipinski definition) is 2. The third-order valence-electron chi connectivity index (χ3n) is 10.3. The molecule has 2 saturated heterocycles. The molecule has 0 spiro atoms. The lowest BCUT2D eigenvalue weighted by molar-refractivity contribution is 0.0739. The summed E-state index contributed by atoms with van der Waals surface area (Å²) in [6.07, 6.45) is 0.0871. The van der Waals surface area contributed by atoms with E-state index >= 15 is 8.78 Å². The van der Waals surface area contributed by atoms with E-state index in [0.717, 1.165) is 6.54 Å². The van der Waals surface area contributed by atoms with Crippen molar-refractivity contribution in [1.29, 1.82) is 5.26 Å². The van der Waals surface area contributed by atoms with Crippen LogP contribution in [0.3, 0.4) is 0 Å². The molecule has 270 valence electrons. The molecule has 2 aromatic carbocycles. The molecule has 2 fully saturated rings. The van der Waals surface area contributed by atoms with Crippen molar-refractivity contribution in [1.82, 2.24) is 24.8 Å². The number of hydrogen-bond acceptors (Lipinski definition) is 7. The summed E-state index contributed by atoms with van der Waals surface area (Å²) in [4.78, 5) is 24.0. The van der Waals surface area contributed by atoms with Crippen LogP contribution in [0.4, 0.5) is 13.6 Å². The van der Waals surface area contributed by atoms with Crippen LogP contribution in [0.25, 0.3) is 44.2 Å². The molecule has 0 bridgehead atoms. The van der Waals surface area contributed by atoms with Gasteiger partial charge in [-0.05, 0) is 68.6 Å². The molecule has 2 N–H and O–H groups in total. The Kier molecular flexibility index (Phi) is 9.63. The van der Waals surface area contributed by atoms with Gasteiger partial charge in [-0.1, -0.05) is 42.3 Å². The van der Waals surface area contributed by atoms with Crippen LogP contribution in [-0.4, -0.2) is 63.6 Å². The van der Waals surface area contributed by atoms with E-state index < -0.39 is 29.7 Å². The van der Waals surface area contributed by atoms with Crippen LogP contribution in [0.5, 0.6) is 0 Å². The third-order valence-corrected chi connectivity index (χ3v) is 11.1. The highest BCUT2D eigenvalue weighted by atomic mass is 35.5. The van der Waals surface area contributed by atoms with Crippen molar-refractivity contribution in [3.05, 3.63) is 81.5 Å². The van der Waals surface area contributed by atoms with Crippen LogP contribution in [0.2, 0.25) is 10.0 Å². The normalized spacial score (nSPS) is 20.6. The van der Waals surface area contributed by atoms with Crippen LogP contribution in [-0.2, 0) is 16.8 Å². The van der Waals surface area contributed by atoms with Gasteiger partial charge < -0.3 is 19.7 Å². The van der Waals surface area contributed by atoms with Gasteiger partial charge in [-0.15, -0.1) is 0 Å². The maximum absolute atomic E-state index is 17.5. The van der Waals surface area contributed by atoms with E-state index in [9.17, 15) is 15.2 Å². The van der Waals surface area contributed by atoms with Gasteiger partial charge in [-0.3, -0.25) is 9.88 Å². The summed E-state index contributed by atoms with van der Waals surface area (Å²) in [5.41, 5.74) is 2.75. The van der Waals surface area contributed by atoms with E-state index in [4.69, 9.17) is 32.9 Å². The van der Waals surface area contributed by atoms with Crippen molar-refractivity contribution in [3.63, 3.8) is 0 Å². The van der Waals surface area contributed by atoms with Crippen LogP contribution in [0.15, 0.2) is 48.7 Å². The molecule has 52 heavy (non-hydrogen) atoms. The molecule has 0 unspecified atom stereocenters. The Morgan fingerprint density at radius 3 is 2.63 bits per heavy atom. The zero-order valence-corrected chi connectivity index (χ0v) is 30.7. The molecule has 0 radical (unpaired) electrons. The monoisotopic (exact) mass is 746 g/mol. The Balaban J connectivity index is 1.63. The Bertz CT molecular complexity index is 2250. The van der Waals surface area contributed by atoms with Crippen molar-refractivity contribution in [2.75, 3.05) is 26.7 Å². The molecule has 2 aliphatic rings. The minimum Gasteiger partial charge on any atom is -0.453 e. The standard InChI is InChI=1S/C39H38Cl2F2N6O3/c1-20-16-45-18-30(20)49-29(28-14-23(42)19-48(28)38(50)52-4)15-26-35(22-10-11-31(46-17-22)39(2,3)51)47-36-25(37(26)49)13-21(7-6-12-44)32(34(36)43)24-8-5-9-27(40)33(24)41/h5,8-11,13,15,17,20,23,28,30,45,51H,6-7,14,16,18-19H2,1-4H3/t20-,23+,28-,30-/m1/s1. The fourth-order valence-electron chi connectivity index (χ4n) is 7.79. The lowest BCUT2D eigenvalue weighted by Gasteiger charge is -2.28. The number of nitriles is 1. The van der Waals surface area contributed by atoms with E-state index in [1.165, 1.54) is 12.0 Å². The summed E-state index contributed by atoms with van der Waals surface area (Å²) < 4.78 is 40.0. The lowest BCUT2D eigenvalue weighted by atomic mass is 9.92. The number of nitrogens with zero attached hydrogens (tertiary/aromatic N) is 5. The molecule has 1 amide bonds. The van der Waals surface area contributed by atoms with Gasteiger partial charge in [0.25, 0.3) is 0 Å². The van der Waals surface area contributed by atoms with Gasteiger partial charge in [0.2, 0.25) is 0 Å². The average Bonchev–Trinajstić information content (AvgIpc) is 3.84. The summed E-state index contributed by atoms with van der Waals surface area (Å²) in [6.45, 7) is 6.58. The van der Waals surface area contributed by atoms with Gasteiger partial charge in [0.15, 0.2) is 5.82 Å². The number of alkyl halides is 1. The quantitative estimate of drug-likeness (QED) is 0.171. The first-order valence-corrected chi connectivity index (χ1v) is 18.0. The van der Waals surface area contributed by atoms with Crippen LogP contribution >= 0.6 is 23.2 Å². The summed E-state index contributed by atoms with van der Waals surface area (Å²) in [7, 11) is 1.28. The van der Waals surface area contributed by atoms with E-state index in [-0.39, 0.29) is 58.9 Å². The Morgan fingerprint density at radius 1 is 1.19 bits per heavy atom. The number of likely N-dealkylation sites (tertiary alicyclic amines) is 1. The lowest BCUT2D eigenvalue weighted by Crippen LogP contribution is -2.33. The number of carbonyl (C=O) groups is 1. The number of benzene rings is 2. The van der Waals surface area contributed by atoms with E-state index in [2.05, 4.69) is 27.9 Å². The highest BCUT2D eigenvalue weighted by Crippen LogP contribution is 2.47. The number of halogens is 4. The Morgan fingerprint density at radius 2 is 1.98 bits per heavy atom. The molecule has 9 nitrogen and oxygen atoms in total. The van der Waals surface area contributed by atoms with E-state index in [0.29, 0.717) is 56.6 Å². The number of fused-ring (bicyclic) bond motifs is 3. The van der Waals surface area contributed by atoms with Crippen LogP contribution in [0, 0.1) is 23.1 Å². The molecule has 4 atom stereocenters. The van der Waals surface area contributed by atoms with Crippen molar-refractivity contribution >= 4 is 51.1 Å². The summed E-state index contributed by atoms with van der Waals surface area (Å²) in [5.74, 6) is -0.512. The molecule has 5 heterocycles. The first-order valence-electron chi connectivity index (χ1n) is 17.2. The average molecular weight is 748 g/mol. The number of pyridine rings is 2. The van der Waals surface area contributed by atoms with Crippen LogP contribution < -0.4 is 5.32 Å². The van der Waals surface area contributed by atoms with Gasteiger partial charge in [0.05, 0.1) is 58.8 Å². The number of aliphatic hydroxyl groups is 1. The van der Waals surface area contributed by atoms with Gasteiger partial charge in [-0.25, -0.2) is 18.6 Å². The maximum atomic E-state index is 17.5. The van der Waals surface area contributed by atoms with E-state index in [1.54, 1.807) is 50.4 Å². The molecule has 5 aromatic rings. The molecule has 0 saturated carbocycles. The SMILES string of the molecule is COC(=O)N1C[C@@H](F)C[C@@H]1c1cc2c(-c3ccc(C(C)(C)O)nc3)nc3c(F)c(-c4cccc(Cl)c4Cl)c(CCC#N)cc3c2n1[C@@H]1CNC[C@H]1C. The molecule has 7 rings (SSSR count). The number of carbonyl (C=O) groups excluding carboxylic acids is 1. The fraction of sp³-hybridized carbons (Fsp3) is 0.385. The summed E-state index contributed by atoms with van der Waals surface area (Å²) >= 11 is 13.1. The zero-order valence-electron chi connectivity index (χ0n) is 29.2. The number of nitrogens with one attached hydrogen (secondary N) is 1. The second kappa shape index (κ2) is 13.9. The zero-order chi connectivity index (χ0) is 37.1. The molecular weight excluding hydrogens is 709 g/mol. The number of aromatic nitrogens is 3. The van der Waals surface area contributed by atoms with Gasteiger partial charge >= 0.3 is 6.09 Å². The number of methoxy groups -OCH3 is 1. The third kappa shape index (κ3) is 6.15. The molecule has 2 aliphatic heterocycles. The Hall–Kier alpha value is -4.34. The predicted octanol–water partition coefficient (Wildman–Crippen LogP) is 8.68. The fourth-order valence-corrected chi connectivity index (χ4v) is 8.18. The minimum atomic E-state index is -1.28. The number of rotatable bonds is 7. The minimum absolute atomic E-state index is 0.0572. The maximum Gasteiger partial charge on any atom is 0.410 e. The first-order chi connectivity index (χ1) is 24.8. The number of amides is 1.